The third-order valence-corrected chi connectivity index (χ3v) is 4.40. The van der Waals surface area contributed by atoms with Crippen LogP contribution in [0, 0.1) is 0 Å². The van der Waals surface area contributed by atoms with Gasteiger partial charge in [-0.05, 0) is 31.7 Å². The van der Waals surface area contributed by atoms with Gasteiger partial charge in [-0.3, -0.25) is 10.1 Å². The smallest absolute Gasteiger partial charge is 0.241 e. The summed E-state index contributed by atoms with van der Waals surface area (Å²) in [6.45, 7) is 6.53. The predicted molar refractivity (Wildman–Crippen MR) is 87.0 cm³/mol. The molecule has 0 spiro atoms. The van der Waals surface area contributed by atoms with Crippen LogP contribution in [-0.2, 0) is 11.2 Å². The summed E-state index contributed by atoms with van der Waals surface area (Å²) in [6, 6.07) is 10.5. The standard InChI is InChI=1S/C18H28N2O/c1-4-6-10-14(3)20-17(5-2)19-16(18(20)21)13-15-11-8-7-9-12-15/h7-9,11-12,14,16-17,19H,4-6,10,13H2,1-3H3. The number of nitrogens with zero attached hydrogens (tertiary/aromatic N) is 1. The Labute approximate surface area is 128 Å². The van der Waals surface area contributed by atoms with E-state index >= 15 is 0 Å². The molecule has 0 aliphatic carbocycles. The lowest BCUT2D eigenvalue weighted by Crippen LogP contribution is -2.42. The van der Waals surface area contributed by atoms with Crippen LogP contribution < -0.4 is 5.32 Å². The molecule has 2 rings (SSSR count). The Hall–Kier alpha value is -1.35. The number of hydrogen-bond acceptors (Lipinski definition) is 2. The molecular formula is C18H28N2O. The molecule has 0 bridgehead atoms. The molecule has 1 aromatic rings. The van der Waals surface area contributed by atoms with Crippen molar-refractivity contribution in [2.45, 2.75) is 71.1 Å². The first kappa shape index (κ1) is 16.0. The van der Waals surface area contributed by atoms with Gasteiger partial charge in [0.15, 0.2) is 0 Å². The average molecular weight is 288 g/mol. The summed E-state index contributed by atoms with van der Waals surface area (Å²) in [6.07, 6.45) is 5.41. The number of benzene rings is 1. The van der Waals surface area contributed by atoms with E-state index in [9.17, 15) is 4.79 Å². The zero-order valence-electron chi connectivity index (χ0n) is 13.5. The van der Waals surface area contributed by atoms with Gasteiger partial charge in [-0.1, -0.05) is 57.0 Å². The molecule has 3 nitrogen and oxygen atoms in total. The largest absolute Gasteiger partial charge is 0.323 e. The van der Waals surface area contributed by atoms with Crippen LogP contribution in [0.3, 0.4) is 0 Å². The second kappa shape index (κ2) is 7.60. The van der Waals surface area contributed by atoms with Gasteiger partial charge in [0.1, 0.15) is 0 Å². The van der Waals surface area contributed by atoms with E-state index in [1.54, 1.807) is 0 Å². The number of unbranched alkanes of at least 4 members (excludes halogenated alkanes) is 1. The average Bonchev–Trinajstić information content (AvgIpc) is 2.82. The summed E-state index contributed by atoms with van der Waals surface area (Å²) in [5.41, 5.74) is 1.22. The molecule has 3 atom stereocenters. The van der Waals surface area contributed by atoms with Gasteiger partial charge in [0.05, 0.1) is 12.2 Å². The van der Waals surface area contributed by atoms with E-state index < -0.39 is 0 Å². The molecule has 1 heterocycles. The highest BCUT2D eigenvalue weighted by atomic mass is 16.2. The predicted octanol–water partition coefficient (Wildman–Crippen LogP) is 3.34. The molecule has 3 unspecified atom stereocenters. The lowest BCUT2D eigenvalue weighted by atomic mass is 10.1. The van der Waals surface area contributed by atoms with Gasteiger partial charge in [-0.2, -0.15) is 0 Å². The van der Waals surface area contributed by atoms with Crippen molar-refractivity contribution in [3.8, 4) is 0 Å². The quantitative estimate of drug-likeness (QED) is 0.834. The number of carbonyl (C=O) groups is 1. The van der Waals surface area contributed by atoms with Crippen LogP contribution in [-0.4, -0.2) is 29.1 Å². The van der Waals surface area contributed by atoms with Crippen LogP contribution in [0.5, 0.6) is 0 Å². The number of hydrogen-bond donors (Lipinski definition) is 1. The molecule has 1 aliphatic heterocycles. The zero-order chi connectivity index (χ0) is 15.2. The van der Waals surface area contributed by atoms with Crippen molar-refractivity contribution >= 4 is 5.91 Å². The number of nitrogens with one attached hydrogen (secondary N) is 1. The maximum atomic E-state index is 12.7. The van der Waals surface area contributed by atoms with E-state index in [1.165, 1.54) is 18.4 Å². The third-order valence-electron chi connectivity index (χ3n) is 4.40. The van der Waals surface area contributed by atoms with Crippen molar-refractivity contribution in [1.29, 1.82) is 0 Å². The summed E-state index contributed by atoms with van der Waals surface area (Å²) in [5.74, 6) is 0.273. The molecule has 0 aromatic heterocycles. The summed E-state index contributed by atoms with van der Waals surface area (Å²) < 4.78 is 0. The minimum Gasteiger partial charge on any atom is -0.323 e. The SMILES string of the molecule is CCCCC(C)N1C(=O)C(Cc2ccccc2)NC1CC. The van der Waals surface area contributed by atoms with Crippen LogP contribution >= 0.6 is 0 Å². The molecule has 3 heteroatoms. The molecule has 1 aromatic carbocycles. The Morgan fingerprint density at radius 3 is 2.57 bits per heavy atom. The second-order valence-corrected chi connectivity index (χ2v) is 6.07. The van der Waals surface area contributed by atoms with Gasteiger partial charge in [-0.25, -0.2) is 0 Å². The lowest BCUT2D eigenvalue weighted by molar-refractivity contribution is -0.132. The second-order valence-electron chi connectivity index (χ2n) is 6.07. The Balaban J connectivity index is 2.04. The van der Waals surface area contributed by atoms with Crippen LogP contribution in [0.1, 0.15) is 52.0 Å². The van der Waals surface area contributed by atoms with Crippen LogP contribution in [0.25, 0.3) is 0 Å². The topological polar surface area (TPSA) is 32.3 Å². The summed E-state index contributed by atoms with van der Waals surface area (Å²) in [4.78, 5) is 14.8. The number of carbonyl (C=O) groups excluding carboxylic acids is 1. The van der Waals surface area contributed by atoms with Gasteiger partial charge in [0.2, 0.25) is 5.91 Å². The van der Waals surface area contributed by atoms with E-state index in [-0.39, 0.29) is 18.1 Å². The molecule has 1 aliphatic rings. The van der Waals surface area contributed by atoms with Crippen molar-refractivity contribution in [2.24, 2.45) is 0 Å². The Morgan fingerprint density at radius 2 is 1.95 bits per heavy atom. The van der Waals surface area contributed by atoms with E-state index in [0.29, 0.717) is 6.04 Å². The summed E-state index contributed by atoms with van der Waals surface area (Å²) in [7, 11) is 0. The first-order valence-corrected chi connectivity index (χ1v) is 8.29. The normalized spacial score (nSPS) is 23.6. The van der Waals surface area contributed by atoms with Crippen molar-refractivity contribution in [2.75, 3.05) is 0 Å². The van der Waals surface area contributed by atoms with Gasteiger partial charge < -0.3 is 4.90 Å². The molecule has 1 saturated heterocycles. The Morgan fingerprint density at radius 1 is 1.24 bits per heavy atom. The molecule has 116 valence electrons. The molecule has 1 fully saturated rings. The fourth-order valence-corrected chi connectivity index (χ4v) is 3.19. The van der Waals surface area contributed by atoms with E-state index in [1.807, 2.05) is 18.2 Å². The fourth-order valence-electron chi connectivity index (χ4n) is 3.19. The number of rotatable bonds is 7. The highest BCUT2D eigenvalue weighted by Crippen LogP contribution is 2.22. The van der Waals surface area contributed by atoms with Crippen LogP contribution in [0.4, 0.5) is 0 Å². The van der Waals surface area contributed by atoms with E-state index in [0.717, 1.165) is 19.3 Å². The van der Waals surface area contributed by atoms with Gasteiger partial charge in [0.25, 0.3) is 0 Å². The van der Waals surface area contributed by atoms with Crippen molar-refractivity contribution in [3.05, 3.63) is 35.9 Å². The highest BCUT2D eigenvalue weighted by Gasteiger charge is 2.39. The Kier molecular flexibility index (Phi) is 5.80. The molecular weight excluding hydrogens is 260 g/mol. The lowest BCUT2D eigenvalue weighted by Gasteiger charge is -2.29. The van der Waals surface area contributed by atoms with Crippen LogP contribution in [0.15, 0.2) is 30.3 Å². The van der Waals surface area contributed by atoms with Gasteiger partial charge in [0, 0.05) is 6.04 Å². The van der Waals surface area contributed by atoms with Crippen molar-refractivity contribution in [1.82, 2.24) is 10.2 Å². The molecule has 1 N–H and O–H groups in total. The maximum Gasteiger partial charge on any atom is 0.241 e. The first-order valence-electron chi connectivity index (χ1n) is 8.29. The summed E-state index contributed by atoms with van der Waals surface area (Å²) in [5, 5.41) is 3.52. The van der Waals surface area contributed by atoms with Crippen molar-refractivity contribution < 1.29 is 4.79 Å². The zero-order valence-corrected chi connectivity index (χ0v) is 13.5. The highest BCUT2D eigenvalue weighted by molar-refractivity contribution is 5.85. The Bertz CT molecular complexity index is 446. The van der Waals surface area contributed by atoms with E-state index in [2.05, 4.69) is 43.1 Å². The minimum absolute atomic E-state index is 0.0681. The first-order chi connectivity index (χ1) is 10.2. The summed E-state index contributed by atoms with van der Waals surface area (Å²) >= 11 is 0. The molecule has 0 radical (unpaired) electrons. The van der Waals surface area contributed by atoms with Crippen LogP contribution in [0.2, 0.25) is 0 Å². The fraction of sp³-hybridized carbons (Fsp3) is 0.611. The molecule has 1 amide bonds. The minimum atomic E-state index is -0.0681. The number of amides is 1. The van der Waals surface area contributed by atoms with Gasteiger partial charge >= 0.3 is 0 Å². The molecule has 21 heavy (non-hydrogen) atoms. The molecule has 0 saturated carbocycles. The monoisotopic (exact) mass is 288 g/mol. The van der Waals surface area contributed by atoms with Gasteiger partial charge in [-0.15, -0.1) is 0 Å². The van der Waals surface area contributed by atoms with E-state index in [4.69, 9.17) is 0 Å². The maximum absolute atomic E-state index is 12.7. The third kappa shape index (κ3) is 3.85. The van der Waals surface area contributed by atoms with Crippen molar-refractivity contribution in [3.63, 3.8) is 0 Å².